The van der Waals surface area contributed by atoms with E-state index < -0.39 is 0 Å². The van der Waals surface area contributed by atoms with Crippen LogP contribution in [0, 0.1) is 0 Å². The highest BCUT2D eigenvalue weighted by Gasteiger charge is 2.07. The van der Waals surface area contributed by atoms with E-state index in [1.54, 1.807) is 14.2 Å². The molecule has 1 aromatic carbocycles. The molecule has 0 radical (unpaired) electrons. The fourth-order valence-electron chi connectivity index (χ4n) is 1.73. The molecule has 0 fully saturated rings. The normalized spacial score (nSPS) is 10.1. The van der Waals surface area contributed by atoms with Crippen molar-refractivity contribution in [1.82, 2.24) is 10.6 Å². The second kappa shape index (κ2) is 8.37. The van der Waals surface area contributed by atoms with Crippen LogP contribution in [0.3, 0.4) is 0 Å². The lowest BCUT2D eigenvalue weighted by Gasteiger charge is -2.11. The van der Waals surface area contributed by atoms with Crippen molar-refractivity contribution < 1.29 is 14.3 Å². The first-order valence-corrected chi connectivity index (χ1v) is 6.33. The van der Waals surface area contributed by atoms with Gasteiger partial charge in [-0.1, -0.05) is 0 Å². The summed E-state index contributed by atoms with van der Waals surface area (Å²) in [6.45, 7) is 1.29. The molecular weight excluding hydrogens is 244 g/mol. The third-order valence-corrected chi connectivity index (χ3v) is 2.79. The lowest BCUT2D eigenvalue weighted by atomic mass is 10.2. The Labute approximate surface area is 114 Å². The van der Waals surface area contributed by atoms with Crippen LogP contribution < -0.4 is 20.1 Å². The lowest BCUT2D eigenvalue weighted by molar-refractivity contribution is -0.121. The maximum atomic E-state index is 11.6. The zero-order valence-corrected chi connectivity index (χ0v) is 11.8. The van der Waals surface area contributed by atoms with Crippen molar-refractivity contribution in [2.24, 2.45) is 0 Å². The molecule has 0 heterocycles. The van der Waals surface area contributed by atoms with Crippen molar-refractivity contribution in [3.63, 3.8) is 0 Å². The number of methoxy groups -OCH3 is 2. The van der Waals surface area contributed by atoms with Crippen LogP contribution >= 0.6 is 0 Å². The number of benzene rings is 1. The Kier molecular flexibility index (Phi) is 6.74. The molecular formula is C14H22N2O3. The van der Waals surface area contributed by atoms with E-state index in [9.17, 15) is 4.79 Å². The quantitative estimate of drug-likeness (QED) is 0.697. The highest BCUT2D eigenvalue weighted by Crippen LogP contribution is 2.23. The molecule has 0 aliphatic rings. The summed E-state index contributed by atoms with van der Waals surface area (Å²) in [6, 6.07) is 5.53. The summed E-state index contributed by atoms with van der Waals surface area (Å²) in [6.07, 6.45) is 1.35. The number of carbonyl (C=O) groups excluding carboxylic acids is 1. The van der Waals surface area contributed by atoms with Crippen LogP contribution in [0.1, 0.15) is 18.4 Å². The Morgan fingerprint density at radius 3 is 2.68 bits per heavy atom. The maximum absolute atomic E-state index is 11.6. The van der Waals surface area contributed by atoms with E-state index in [1.807, 2.05) is 25.2 Å². The van der Waals surface area contributed by atoms with Gasteiger partial charge in [0.05, 0.1) is 14.2 Å². The van der Waals surface area contributed by atoms with Gasteiger partial charge in [-0.2, -0.15) is 0 Å². The highest BCUT2D eigenvalue weighted by atomic mass is 16.5. The van der Waals surface area contributed by atoms with Gasteiger partial charge in [-0.05, 0) is 38.2 Å². The van der Waals surface area contributed by atoms with Gasteiger partial charge < -0.3 is 20.1 Å². The molecule has 106 valence electrons. The van der Waals surface area contributed by atoms with Crippen LogP contribution in [-0.4, -0.2) is 33.7 Å². The first-order chi connectivity index (χ1) is 9.21. The monoisotopic (exact) mass is 266 g/mol. The van der Waals surface area contributed by atoms with Crippen molar-refractivity contribution in [3.8, 4) is 11.5 Å². The van der Waals surface area contributed by atoms with E-state index in [4.69, 9.17) is 9.47 Å². The molecule has 2 N–H and O–H groups in total. The van der Waals surface area contributed by atoms with Gasteiger partial charge in [0, 0.05) is 18.5 Å². The van der Waals surface area contributed by atoms with Gasteiger partial charge in [-0.25, -0.2) is 0 Å². The zero-order valence-electron chi connectivity index (χ0n) is 11.8. The van der Waals surface area contributed by atoms with Crippen molar-refractivity contribution in [1.29, 1.82) is 0 Å². The number of hydrogen-bond acceptors (Lipinski definition) is 4. The van der Waals surface area contributed by atoms with Crippen LogP contribution in [0.2, 0.25) is 0 Å². The van der Waals surface area contributed by atoms with E-state index in [0.717, 1.165) is 30.0 Å². The minimum Gasteiger partial charge on any atom is -0.497 e. The predicted molar refractivity (Wildman–Crippen MR) is 74.6 cm³/mol. The molecule has 0 aliphatic heterocycles. The topological polar surface area (TPSA) is 59.6 Å². The van der Waals surface area contributed by atoms with Crippen molar-refractivity contribution in [2.75, 3.05) is 27.8 Å². The molecule has 0 unspecified atom stereocenters. The Hall–Kier alpha value is -1.75. The zero-order chi connectivity index (χ0) is 14.1. The molecule has 0 atom stereocenters. The summed E-state index contributed by atoms with van der Waals surface area (Å²) in [7, 11) is 5.10. The predicted octanol–water partition coefficient (Wildman–Crippen LogP) is 1.32. The second-order valence-corrected chi connectivity index (χ2v) is 4.16. The molecule has 0 bridgehead atoms. The van der Waals surface area contributed by atoms with E-state index in [-0.39, 0.29) is 5.91 Å². The van der Waals surface area contributed by atoms with E-state index in [0.29, 0.717) is 13.0 Å². The van der Waals surface area contributed by atoms with Crippen LogP contribution in [0.5, 0.6) is 11.5 Å². The van der Waals surface area contributed by atoms with Crippen LogP contribution in [0.25, 0.3) is 0 Å². The molecule has 0 aromatic heterocycles. The van der Waals surface area contributed by atoms with Gasteiger partial charge >= 0.3 is 0 Å². The van der Waals surface area contributed by atoms with E-state index in [2.05, 4.69) is 10.6 Å². The summed E-state index contributed by atoms with van der Waals surface area (Å²) in [5.74, 6) is 1.54. The van der Waals surface area contributed by atoms with Gasteiger partial charge in [0.2, 0.25) is 5.91 Å². The summed E-state index contributed by atoms with van der Waals surface area (Å²) in [5.41, 5.74) is 0.906. The average molecular weight is 266 g/mol. The van der Waals surface area contributed by atoms with E-state index in [1.165, 1.54) is 0 Å². The van der Waals surface area contributed by atoms with Crippen molar-refractivity contribution in [3.05, 3.63) is 23.8 Å². The number of amides is 1. The largest absolute Gasteiger partial charge is 0.497 e. The standard InChI is InChI=1S/C14H22N2O3/c1-15-8-4-5-14(17)16-10-11-9-12(18-2)6-7-13(11)19-3/h6-7,9,15H,4-5,8,10H2,1-3H3,(H,16,17). The fraction of sp³-hybridized carbons (Fsp3) is 0.500. The van der Waals surface area contributed by atoms with Gasteiger partial charge in [-0.15, -0.1) is 0 Å². The molecule has 19 heavy (non-hydrogen) atoms. The van der Waals surface area contributed by atoms with Crippen LogP contribution in [-0.2, 0) is 11.3 Å². The van der Waals surface area contributed by atoms with Gasteiger partial charge in [-0.3, -0.25) is 4.79 Å². The first kappa shape index (κ1) is 15.3. The molecule has 5 nitrogen and oxygen atoms in total. The molecule has 1 amide bonds. The third kappa shape index (κ3) is 5.18. The van der Waals surface area contributed by atoms with E-state index >= 15 is 0 Å². The number of rotatable bonds is 8. The molecule has 1 rings (SSSR count). The smallest absolute Gasteiger partial charge is 0.220 e. The van der Waals surface area contributed by atoms with Crippen LogP contribution in [0.4, 0.5) is 0 Å². The summed E-state index contributed by atoms with van der Waals surface area (Å²) < 4.78 is 10.4. The minimum atomic E-state index is 0.0418. The van der Waals surface area contributed by atoms with Gasteiger partial charge in [0.15, 0.2) is 0 Å². The maximum Gasteiger partial charge on any atom is 0.220 e. The number of nitrogens with one attached hydrogen (secondary N) is 2. The lowest BCUT2D eigenvalue weighted by Crippen LogP contribution is -2.23. The molecule has 5 heteroatoms. The number of hydrogen-bond donors (Lipinski definition) is 2. The molecule has 0 aliphatic carbocycles. The minimum absolute atomic E-state index is 0.0418. The van der Waals surface area contributed by atoms with Crippen LogP contribution in [0.15, 0.2) is 18.2 Å². The molecule has 1 aromatic rings. The first-order valence-electron chi connectivity index (χ1n) is 6.33. The molecule has 0 spiro atoms. The summed E-state index contributed by atoms with van der Waals surface area (Å²) >= 11 is 0. The fourth-order valence-corrected chi connectivity index (χ4v) is 1.73. The molecule has 0 saturated carbocycles. The Bertz CT molecular complexity index is 408. The Balaban J connectivity index is 2.53. The van der Waals surface area contributed by atoms with Gasteiger partial charge in [0.1, 0.15) is 11.5 Å². The Morgan fingerprint density at radius 2 is 2.05 bits per heavy atom. The number of ether oxygens (including phenoxy) is 2. The van der Waals surface area contributed by atoms with Crippen molar-refractivity contribution in [2.45, 2.75) is 19.4 Å². The summed E-state index contributed by atoms with van der Waals surface area (Å²) in [4.78, 5) is 11.6. The second-order valence-electron chi connectivity index (χ2n) is 4.16. The molecule has 0 saturated heterocycles. The SMILES string of the molecule is CNCCCC(=O)NCc1cc(OC)ccc1OC. The third-order valence-electron chi connectivity index (χ3n) is 2.79. The summed E-state index contributed by atoms with van der Waals surface area (Å²) in [5, 5.41) is 5.90. The average Bonchev–Trinajstić information content (AvgIpc) is 2.45. The number of carbonyl (C=O) groups is 1. The Morgan fingerprint density at radius 1 is 1.26 bits per heavy atom. The van der Waals surface area contributed by atoms with Crippen molar-refractivity contribution >= 4 is 5.91 Å². The van der Waals surface area contributed by atoms with Gasteiger partial charge in [0.25, 0.3) is 0 Å². The highest BCUT2D eigenvalue weighted by molar-refractivity contribution is 5.75.